The van der Waals surface area contributed by atoms with Gasteiger partial charge < -0.3 is 0 Å². The van der Waals surface area contributed by atoms with Crippen LogP contribution >= 0.6 is 11.3 Å². The minimum atomic E-state index is 0.725. The van der Waals surface area contributed by atoms with Crippen molar-refractivity contribution in [2.75, 3.05) is 0 Å². The van der Waals surface area contributed by atoms with E-state index in [9.17, 15) is 0 Å². The van der Waals surface area contributed by atoms with Crippen LogP contribution in [0, 0.1) is 12.8 Å². The van der Waals surface area contributed by atoms with Gasteiger partial charge in [-0.15, -0.1) is 11.3 Å². The Morgan fingerprint density at radius 3 is 2.78 bits per heavy atom. The summed E-state index contributed by atoms with van der Waals surface area (Å²) in [4.78, 5) is 6.99. The Morgan fingerprint density at radius 1 is 1.22 bits per heavy atom. The Labute approximate surface area is 113 Å². The molecule has 0 atom stereocenters. The van der Waals surface area contributed by atoms with Crippen molar-refractivity contribution in [1.29, 1.82) is 0 Å². The van der Waals surface area contributed by atoms with Crippen LogP contribution in [0.5, 0.6) is 0 Å². The lowest BCUT2D eigenvalue weighted by Gasteiger charge is -1.99. The smallest absolute Gasteiger partial charge is 0.0378 e. The van der Waals surface area contributed by atoms with E-state index in [0.29, 0.717) is 0 Å². The molecule has 0 radical (unpaired) electrons. The second-order valence-corrected chi connectivity index (χ2v) is 6.17. The summed E-state index contributed by atoms with van der Waals surface area (Å²) >= 11 is 1.88. The number of hydrogen-bond acceptors (Lipinski definition) is 2. The molecule has 18 heavy (non-hydrogen) atoms. The highest BCUT2D eigenvalue weighted by Crippen LogP contribution is 2.21. The first-order valence-electron chi connectivity index (χ1n) is 6.33. The van der Waals surface area contributed by atoms with Gasteiger partial charge in [-0.2, -0.15) is 0 Å². The molecule has 2 heteroatoms. The predicted molar refractivity (Wildman–Crippen MR) is 80.8 cm³/mol. The molecule has 94 valence electrons. The Hall–Kier alpha value is -1.41. The maximum Gasteiger partial charge on any atom is 0.0378 e. The number of hydrogen-bond donors (Lipinski definition) is 0. The molecule has 0 aliphatic heterocycles. The van der Waals surface area contributed by atoms with Gasteiger partial charge in [-0.1, -0.05) is 19.9 Å². The zero-order valence-corrected chi connectivity index (χ0v) is 12.0. The molecule has 0 saturated heterocycles. The zero-order chi connectivity index (χ0) is 13.0. The lowest BCUT2D eigenvalue weighted by molar-refractivity contribution is 0.654. The van der Waals surface area contributed by atoms with Crippen LogP contribution in [0.1, 0.15) is 34.9 Å². The van der Waals surface area contributed by atoms with Crippen LogP contribution in [0.3, 0.4) is 0 Å². The monoisotopic (exact) mass is 257 g/mol. The number of aromatic nitrogens is 1. The van der Waals surface area contributed by atoms with Gasteiger partial charge in [-0.25, -0.2) is 0 Å². The van der Waals surface area contributed by atoms with Crippen molar-refractivity contribution >= 4 is 23.5 Å². The normalized spacial score (nSPS) is 11.6. The number of rotatable bonds is 4. The first-order valence-corrected chi connectivity index (χ1v) is 7.14. The van der Waals surface area contributed by atoms with Crippen LogP contribution in [-0.4, -0.2) is 4.98 Å². The van der Waals surface area contributed by atoms with Gasteiger partial charge in [0.1, 0.15) is 0 Å². The molecule has 0 bridgehead atoms. The standard InChI is InChI=1S/C16H19NS/c1-12(2)10-16-7-6-15(18-16)5-4-14-8-9-17-13(3)11-14/h4-9,11-12H,10H2,1-3H3/b5-4+. The third kappa shape index (κ3) is 3.81. The van der Waals surface area contributed by atoms with Crippen molar-refractivity contribution in [3.05, 3.63) is 51.5 Å². The topological polar surface area (TPSA) is 12.9 Å². The molecule has 2 heterocycles. The molecule has 0 aliphatic rings. The van der Waals surface area contributed by atoms with E-state index in [0.717, 1.165) is 11.6 Å². The van der Waals surface area contributed by atoms with Crippen molar-refractivity contribution in [2.24, 2.45) is 5.92 Å². The first-order chi connectivity index (χ1) is 8.63. The SMILES string of the molecule is Cc1cc(/C=C/c2ccc(CC(C)C)s2)ccn1. The number of pyridine rings is 1. The van der Waals surface area contributed by atoms with Crippen molar-refractivity contribution in [2.45, 2.75) is 27.2 Å². The van der Waals surface area contributed by atoms with Crippen molar-refractivity contribution in [3.63, 3.8) is 0 Å². The van der Waals surface area contributed by atoms with E-state index in [2.05, 4.69) is 49.2 Å². The van der Waals surface area contributed by atoms with Crippen LogP contribution in [-0.2, 0) is 6.42 Å². The molecule has 0 fully saturated rings. The van der Waals surface area contributed by atoms with Gasteiger partial charge in [-0.05, 0) is 55.2 Å². The summed E-state index contributed by atoms with van der Waals surface area (Å²) in [6.45, 7) is 6.53. The van der Waals surface area contributed by atoms with Crippen molar-refractivity contribution < 1.29 is 0 Å². The second kappa shape index (κ2) is 5.96. The Balaban J connectivity index is 2.07. The fourth-order valence-corrected chi connectivity index (χ4v) is 2.97. The van der Waals surface area contributed by atoms with Gasteiger partial charge in [0.05, 0.1) is 0 Å². The van der Waals surface area contributed by atoms with Crippen LogP contribution in [0.25, 0.3) is 12.2 Å². The van der Waals surface area contributed by atoms with E-state index in [1.165, 1.54) is 21.7 Å². The molecule has 2 aromatic heterocycles. The average Bonchev–Trinajstić information content (AvgIpc) is 2.73. The molecule has 0 unspecified atom stereocenters. The maximum absolute atomic E-state index is 4.20. The van der Waals surface area contributed by atoms with E-state index >= 15 is 0 Å². The lowest BCUT2D eigenvalue weighted by Crippen LogP contribution is -1.89. The van der Waals surface area contributed by atoms with Crippen LogP contribution in [0.2, 0.25) is 0 Å². The number of nitrogens with zero attached hydrogens (tertiary/aromatic N) is 1. The second-order valence-electron chi connectivity index (χ2n) is 4.97. The molecule has 0 amide bonds. The molecule has 0 aromatic carbocycles. The van der Waals surface area contributed by atoms with Gasteiger partial charge in [0, 0.05) is 21.6 Å². The minimum Gasteiger partial charge on any atom is -0.262 e. The van der Waals surface area contributed by atoms with Crippen LogP contribution in [0.15, 0.2) is 30.5 Å². The summed E-state index contributed by atoms with van der Waals surface area (Å²) in [6.07, 6.45) is 7.36. The summed E-state index contributed by atoms with van der Waals surface area (Å²) in [5.41, 5.74) is 2.27. The van der Waals surface area contributed by atoms with Gasteiger partial charge >= 0.3 is 0 Å². The largest absolute Gasteiger partial charge is 0.262 e. The molecule has 2 rings (SSSR count). The van der Waals surface area contributed by atoms with Crippen LogP contribution < -0.4 is 0 Å². The molecule has 0 spiro atoms. The summed E-state index contributed by atoms with van der Waals surface area (Å²) < 4.78 is 0. The number of aryl methyl sites for hydroxylation is 1. The van der Waals surface area contributed by atoms with E-state index in [4.69, 9.17) is 0 Å². The van der Waals surface area contributed by atoms with E-state index < -0.39 is 0 Å². The maximum atomic E-state index is 4.20. The summed E-state index contributed by atoms with van der Waals surface area (Å²) in [7, 11) is 0. The molecular formula is C16H19NS. The number of thiophene rings is 1. The fraction of sp³-hybridized carbons (Fsp3) is 0.312. The molecule has 0 saturated carbocycles. The lowest BCUT2D eigenvalue weighted by atomic mass is 10.1. The molecule has 2 aromatic rings. The van der Waals surface area contributed by atoms with E-state index in [1.807, 2.05) is 30.5 Å². The van der Waals surface area contributed by atoms with Crippen LogP contribution in [0.4, 0.5) is 0 Å². The quantitative estimate of drug-likeness (QED) is 0.765. The zero-order valence-electron chi connectivity index (χ0n) is 11.2. The van der Waals surface area contributed by atoms with Crippen molar-refractivity contribution in [1.82, 2.24) is 4.98 Å². The van der Waals surface area contributed by atoms with Crippen molar-refractivity contribution in [3.8, 4) is 0 Å². The van der Waals surface area contributed by atoms with Gasteiger partial charge in [-0.3, -0.25) is 4.98 Å². The fourth-order valence-electron chi connectivity index (χ4n) is 1.85. The van der Waals surface area contributed by atoms with Gasteiger partial charge in [0.25, 0.3) is 0 Å². The highest BCUT2D eigenvalue weighted by atomic mass is 32.1. The summed E-state index contributed by atoms with van der Waals surface area (Å²) in [5, 5.41) is 0. The van der Waals surface area contributed by atoms with E-state index in [1.54, 1.807) is 0 Å². The molecular weight excluding hydrogens is 238 g/mol. The Morgan fingerprint density at radius 2 is 2.06 bits per heavy atom. The summed E-state index contributed by atoms with van der Waals surface area (Å²) in [5.74, 6) is 0.725. The summed E-state index contributed by atoms with van der Waals surface area (Å²) in [6, 6.07) is 8.57. The Kier molecular flexibility index (Phi) is 4.32. The predicted octanol–water partition coefficient (Wildman–Crippen LogP) is 4.82. The molecule has 0 N–H and O–H groups in total. The highest BCUT2D eigenvalue weighted by molar-refractivity contribution is 7.12. The highest BCUT2D eigenvalue weighted by Gasteiger charge is 2.00. The average molecular weight is 257 g/mol. The van der Waals surface area contributed by atoms with E-state index in [-0.39, 0.29) is 0 Å². The third-order valence-corrected chi connectivity index (χ3v) is 3.73. The Bertz CT molecular complexity index is 538. The van der Waals surface area contributed by atoms with Gasteiger partial charge in [0.15, 0.2) is 0 Å². The molecule has 0 aliphatic carbocycles. The van der Waals surface area contributed by atoms with Gasteiger partial charge in [0.2, 0.25) is 0 Å². The first kappa shape index (κ1) is 13.0. The third-order valence-electron chi connectivity index (χ3n) is 2.65. The minimum absolute atomic E-state index is 0.725. The molecule has 1 nitrogen and oxygen atoms in total.